The number of nitrogens with zero attached hydrogens (tertiary/aromatic N) is 2. The highest BCUT2D eigenvalue weighted by Crippen LogP contribution is 2.28. The molecule has 0 aliphatic carbocycles. The second-order valence-corrected chi connectivity index (χ2v) is 4.26. The Kier molecular flexibility index (Phi) is 3.01. The second-order valence-electron chi connectivity index (χ2n) is 4.26. The average molecular weight is 264 g/mol. The zero-order valence-corrected chi connectivity index (χ0v) is 10.6. The Morgan fingerprint density at radius 1 is 1.30 bits per heavy atom. The first-order valence-electron chi connectivity index (χ1n) is 6.06. The molecule has 3 aromatic rings. The van der Waals surface area contributed by atoms with Gasteiger partial charge in [0, 0.05) is 23.5 Å². The van der Waals surface area contributed by atoms with E-state index in [0.717, 1.165) is 22.0 Å². The minimum absolute atomic E-state index is 0.340. The zero-order chi connectivity index (χ0) is 13.9. The maximum Gasteiger partial charge on any atom is 0.176 e. The van der Waals surface area contributed by atoms with Crippen molar-refractivity contribution in [2.75, 3.05) is 0 Å². The summed E-state index contributed by atoms with van der Waals surface area (Å²) in [6, 6.07) is 9.26. The number of nitrogens with two attached hydrogens (primary N) is 1. The van der Waals surface area contributed by atoms with Gasteiger partial charge in [-0.1, -0.05) is 11.2 Å². The SMILES string of the molecule is N=C(/C=C\N)c1ccc2noc(-c3cccnc3)c2c1. The van der Waals surface area contributed by atoms with Gasteiger partial charge in [-0.05, 0) is 36.5 Å². The molecule has 5 nitrogen and oxygen atoms in total. The minimum atomic E-state index is 0.340. The molecule has 3 N–H and O–H groups in total. The van der Waals surface area contributed by atoms with Crippen LogP contribution in [0.25, 0.3) is 22.2 Å². The Bertz CT molecular complexity index is 790. The number of benzene rings is 1. The molecule has 0 amide bonds. The highest BCUT2D eigenvalue weighted by molar-refractivity contribution is 6.09. The van der Waals surface area contributed by atoms with Gasteiger partial charge in [-0.2, -0.15) is 0 Å². The second kappa shape index (κ2) is 4.97. The lowest BCUT2D eigenvalue weighted by Gasteiger charge is -1.99. The average Bonchev–Trinajstić information content (AvgIpc) is 2.91. The molecule has 98 valence electrons. The van der Waals surface area contributed by atoms with Gasteiger partial charge >= 0.3 is 0 Å². The largest absolute Gasteiger partial charge is 0.405 e. The Labute approximate surface area is 115 Å². The third-order valence-corrected chi connectivity index (χ3v) is 2.97. The molecule has 1 aromatic carbocycles. The molecule has 2 aromatic heterocycles. The van der Waals surface area contributed by atoms with Crippen LogP contribution < -0.4 is 5.73 Å². The lowest BCUT2D eigenvalue weighted by Crippen LogP contribution is -1.95. The van der Waals surface area contributed by atoms with Crippen molar-refractivity contribution in [2.45, 2.75) is 0 Å². The van der Waals surface area contributed by atoms with Crippen LogP contribution in [-0.4, -0.2) is 15.9 Å². The summed E-state index contributed by atoms with van der Waals surface area (Å²) in [4.78, 5) is 4.08. The first-order valence-corrected chi connectivity index (χ1v) is 6.06. The summed E-state index contributed by atoms with van der Waals surface area (Å²) in [5.41, 5.74) is 8.02. The maximum absolute atomic E-state index is 7.90. The van der Waals surface area contributed by atoms with Crippen LogP contribution in [0.3, 0.4) is 0 Å². The minimum Gasteiger partial charge on any atom is -0.405 e. The van der Waals surface area contributed by atoms with Gasteiger partial charge in [0.15, 0.2) is 5.76 Å². The van der Waals surface area contributed by atoms with Gasteiger partial charge in [-0.25, -0.2) is 0 Å². The molecule has 3 rings (SSSR count). The van der Waals surface area contributed by atoms with Crippen molar-refractivity contribution in [3.05, 3.63) is 60.6 Å². The molecule has 0 saturated carbocycles. The summed E-state index contributed by atoms with van der Waals surface area (Å²) in [5, 5.41) is 12.8. The molecule has 0 radical (unpaired) electrons. The molecule has 0 saturated heterocycles. The number of nitrogens with one attached hydrogen (secondary N) is 1. The number of rotatable bonds is 3. The lowest BCUT2D eigenvalue weighted by molar-refractivity contribution is 0.441. The molecule has 0 unspecified atom stereocenters. The van der Waals surface area contributed by atoms with E-state index in [-0.39, 0.29) is 0 Å². The Balaban J connectivity index is 2.16. The number of pyridine rings is 1. The van der Waals surface area contributed by atoms with Crippen molar-refractivity contribution in [1.29, 1.82) is 5.41 Å². The normalized spacial score (nSPS) is 11.2. The van der Waals surface area contributed by atoms with E-state index >= 15 is 0 Å². The van der Waals surface area contributed by atoms with E-state index in [1.54, 1.807) is 18.5 Å². The predicted octanol–water partition coefficient (Wildman–Crippen LogP) is 2.73. The van der Waals surface area contributed by atoms with Crippen LogP contribution in [0.5, 0.6) is 0 Å². The highest BCUT2D eigenvalue weighted by atomic mass is 16.5. The number of hydrogen-bond donors (Lipinski definition) is 2. The lowest BCUT2D eigenvalue weighted by atomic mass is 10.0. The fourth-order valence-corrected chi connectivity index (χ4v) is 2.01. The first-order chi connectivity index (χ1) is 9.79. The van der Waals surface area contributed by atoms with Gasteiger partial charge in [0.05, 0.1) is 11.1 Å². The van der Waals surface area contributed by atoms with Gasteiger partial charge in [0.25, 0.3) is 0 Å². The Morgan fingerprint density at radius 2 is 2.20 bits per heavy atom. The van der Waals surface area contributed by atoms with Crippen molar-refractivity contribution in [1.82, 2.24) is 10.1 Å². The van der Waals surface area contributed by atoms with E-state index in [2.05, 4.69) is 10.1 Å². The third-order valence-electron chi connectivity index (χ3n) is 2.97. The molecular weight excluding hydrogens is 252 g/mol. The molecular formula is C15H12N4O. The number of allylic oxidation sites excluding steroid dienone is 1. The molecule has 0 fully saturated rings. The van der Waals surface area contributed by atoms with Gasteiger partial charge in [0.1, 0.15) is 5.52 Å². The molecule has 5 heteroatoms. The van der Waals surface area contributed by atoms with Crippen molar-refractivity contribution in [2.24, 2.45) is 5.73 Å². The summed E-state index contributed by atoms with van der Waals surface area (Å²) in [7, 11) is 0. The van der Waals surface area contributed by atoms with Gasteiger partial charge in [0.2, 0.25) is 0 Å². The highest BCUT2D eigenvalue weighted by Gasteiger charge is 2.12. The van der Waals surface area contributed by atoms with Crippen molar-refractivity contribution < 1.29 is 4.52 Å². The quantitative estimate of drug-likeness (QED) is 0.712. The van der Waals surface area contributed by atoms with E-state index in [1.807, 2.05) is 30.3 Å². The molecule has 0 aliphatic heterocycles. The van der Waals surface area contributed by atoms with Crippen LogP contribution in [-0.2, 0) is 0 Å². The Morgan fingerprint density at radius 3 is 2.95 bits per heavy atom. The van der Waals surface area contributed by atoms with E-state index < -0.39 is 0 Å². The van der Waals surface area contributed by atoms with Crippen LogP contribution in [0.1, 0.15) is 5.56 Å². The standard InChI is InChI=1S/C15H12N4O/c16-6-5-13(17)10-3-4-14-12(8-10)15(20-19-14)11-2-1-7-18-9-11/h1-9,17H,16H2/b6-5-,17-13?. The summed E-state index contributed by atoms with van der Waals surface area (Å²) in [6.45, 7) is 0. The van der Waals surface area contributed by atoms with Crippen LogP contribution in [0.4, 0.5) is 0 Å². The topological polar surface area (TPSA) is 88.8 Å². The molecule has 2 heterocycles. The fourth-order valence-electron chi connectivity index (χ4n) is 2.01. The maximum atomic E-state index is 7.90. The predicted molar refractivity (Wildman–Crippen MR) is 77.4 cm³/mol. The fraction of sp³-hybridized carbons (Fsp3) is 0. The molecule has 0 spiro atoms. The molecule has 20 heavy (non-hydrogen) atoms. The van der Waals surface area contributed by atoms with Crippen LogP contribution >= 0.6 is 0 Å². The zero-order valence-electron chi connectivity index (χ0n) is 10.6. The molecule has 0 atom stereocenters. The van der Waals surface area contributed by atoms with Crippen LogP contribution in [0.15, 0.2) is 59.5 Å². The first kappa shape index (κ1) is 12.1. The van der Waals surface area contributed by atoms with Gasteiger partial charge < -0.3 is 15.7 Å². The van der Waals surface area contributed by atoms with Crippen molar-refractivity contribution in [3.63, 3.8) is 0 Å². The van der Waals surface area contributed by atoms with E-state index in [9.17, 15) is 0 Å². The summed E-state index contributed by atoms with van der Waals surface area (Å²) in [5.74, 6) is 0.652. The van der Waals surface area contributed by atoms with E-state index in [4.69, 9.17) is 15.7 Å². The summed E-state index contributed by atoms with van der Waals surface area (Å²) < 4.78 is 5.39. The smallest absolute Gasteiger partial charge is 0.176 e. The third kappa shape index (κ3) is 2.05. The summed E-state index contributed by atoms with van der Waals surface area (Å²) in [6.07, 6.45) is 6.31. The van der Waals surface area contributed by atoms with Crippen molar-refractivity contribution in [3.8, 4) is 11.3 Å². The number of fused-ring (bicyclic) bond motifs is 1. The van der Waals surface area contributed by atoms with Crippen LogP contribution in [0.2, 0.25) is 0 Å². The Hall–Kier alpha value is -2.95. The monoisotopic (exact) mass is 264 g/mol. The van der Waals surface area contributed by atoms with Gasteiger partial charge in [-0.15, -0.1) is 0 Å². The van der Waals surface area contributed by atoms with E-state index in [0.29, 0.717) is 11.5 Å². The van der Waals surface area contributed by atoms with Gasteiger partial charge in [-0.3, -0.25) is 4.98 Å². The molecule has 0 bridgehead atoms. The number of aromatic nitrogens is 2. The van der Waals surface area contributed by atoms with E-state index in [1.165, 1.54) is 6.20 Å². The van der Waals surface area contributed by atoms with Crippen molar-refractivity contribution >= 4 is 16.6 Å². The van der Waals surface area contributed by atoms with Crippen LogP contribution in [0, 0.1) is 5.41 Å². The number of hydrogen-bond acceptors (Lipinski definition) is 5. The molecule has 0 aliphatic rings. The summed E-state index contributed by atoms with van der Waals surface area (Å²) >= 11 is 0.